The van der Waals surface area contributed by atoms with Gasteiger partial charge in [-0.1, -0.05) is 30.3 Å². The number of nitrogens with one attached hydrogen (secondary N) is 2. The normalized spacial score (nSPS) is 16.0. The fourth-order valence-corrected chi connectivity index (χ4v) is 3.06. The minimum absolute atomic E-state index is 0.0702. The first-order valence-electron chi connectivity index (χ1n) is 8.97. The lowest BCUT2D eigenvalue weighted by atomic mass is 10.1. The summed E-state index contributed by atoms with van der Waals surface area (Å²) in [4.78, 5) is 30.7. The maximum Gasteiger partial charge on any atom is 0.291 e. The van der Waals surface area contributed by atoms with E-state index in [1.54, 1.807) is 0 Å². The first-order valence-corrected chi connectivity index (χ1v) is 8.97. The number of anilines is 1. The van der Waals surface area contributed by atoms with Crippen LogP contribution in [-0.4, -0.2) is 46.7 Å². The Hall–Kier alpha value is -3.75. The Labute approximate surface area is 165 Å². The molecule has 8 nitrogen and oxygen atoms in total. The Morgan fingerprint density at radius 2 is 2.10 bits per heavy atom. The number of carbonyl (C=O) groups is 2. The SMILES string of the molecule is CN1C(=O)C(NC(=O)c2n[nH]c(Cc3ccccc3)n2)COc2ccc(F)cc21. The van der Waals surface area contributed by atoms with Crippen LogP contribution in [0.15, 0.2) is 48.5 Å². The molecule has 29 heavy (non-hydrogen) atoms. The third-order valence-corrected chi connectivity index (χ3v) is 4.57. The average Bonchev–Trinajstić information content (AvgIpc) is 3.16. The molecule has 148 valence electrons. The molecule has 4 rings (SSSR count). The van der Waals surface area contributed by atoms with Crippen LogP contribution in [-0.2, 0) is 11.2 Å². The van der Waals surface area contributed by atoms with Crippen LogP contribution in [0.4, 0.5) is 10.1 Å². The van der Waals surface area contributed by atoms with Crippen LogP contribution < -0.4 is 15.0 Å². The number of fused-ring (bicyclic) bond motifs is 1. The van der Waals surface area contributed by atoms with E-state index in [1.165, 1.54) is 30.1 Å². The van der Waals surface area contributed by atoms with Crippen molar-refractivity contribution in [3.05, 3.63) is 71.6 Å². The maximum absolute atomic E-state index is 13.5. The third kappa shape index (κ3) is 3.93. The van der Waals surface area contributed by atoms with E-state index in [4.69, 9.17) is 4.74 Å². The molecule has 2 heterocycles. The van der Waals surface area contributed by atoms with Crippen LogP contribution >= 0.6 is 0 Å². The van der Waals surface area contributed by atoms with Gasteiger partial charge in [0, 0.05) is 19.5 Å². The molecule has 2 amide bonds. The van der Waals surface area contributed by atoms with Crippen molar-refractivity contribution in [2.75, 3.05) is 18.6 Å². The highest BCUT2D eigenvalue weighted by Gasteiger charge is 2.31. The zero-order valence-corrected chi connectivity index (χ0v) is 15.6. The molecule has 1 unspecified atom stereocenters. The van der Waals surface area contributed by atoms with Gasteiger partial charge in [0.15, 0.2) is 0 Å². The van der Waals surface area contributed by atoms with Gasteiger partial charge in [-0.15, -0.1) is 5.10 Å². The van der Waals surface area contributed by atoms with Crippen molar-refractivity contribution in [1.29, 1.82) is 0 Å². The number of hydrogen-bond acceptors (Lipinski definition) is 5. The average molecular weight is 395 g/mol. The standard InChI is InChI=1S/C20H18FN5O3/c1-26-15-10-13(21)7-8-16(15)29-11-14(20(26)28)22-19(27)18-23-17(24-25-18)9-12-5-3-2-4-6-12/h2-8,10,14H,9,11H2,1H3,(H,22,27)(H,23,24,25). The Kier molecular flexibility index (Phi) is 4.94. The van der Waals surface area contributed by atoms with E-state index in [0.29, 0.717) is 23.7 Å². The second-order valence-electron chi connectivity index (χ2n) is 6.61. The highest BCUT2D eigenvalue weighted by atomic mass is 19.1. The van der Waals surface area contributed by atoms with E-state index in [0.717, 1.165) is 5.56 Å². The molecular weight excluding hydrogens is 377 g/mol. The Balaban J connectivity index is 1.45. The summed E-state index contributed by atoms with van der Waals surface area (Å²) < 4.78 is 19.1. The maximum atomic E-state index is 13.5. The van der Waals surface area contributed by atoms with Crippen molar-refractivity contribution in [3.8, 4) is 5.75 Å². The number of hydrogen-bond donors (Lipinski definition) is 2. The van der Waals surface area contributed by atoms with Crippen molar-refractivity contribution in [2.45, 2.75) is 12.5 Å². The summed E-state index contributed by atoms with van der Waals surface area (Å²) in [6, 6.07) is 12.6. The van der Waals surface area contributed by atoms with Crippen LogP contribution in [0.2, 0.25) is 0 Å². The predicted octanol–water partition coefficient (Wildman–Crippen LogP) is 1.69. The lowest BCUT2D eigenvalue weighted by Crippen LogP contribution is -2.49. The third-order valence-electron chi connectivity index (χ3n) is 4.57. The lowest BCUT2D eigenvalue weighted by molar-refractivity contribution is -0.120. The number of amides is 2. The Morgan fingerprint density at radius 3 is 2.90 bits per heavy atom. The fraction of sp³-hybridized carbons (Fsp3) is 0.200. The van der Waals surface area contributed by atoms with Crippen molar-refractivity contribution in [3.63, 3.8) is 0 Å². The molecule has 0 saturated heterocycles. The second-order valence-corrected chi connectivity index (χ2v) is 6.61. The molecule has 3 aromatic rings. The first kappa shape index (κ1) is 18.6. The van der Waals surface area contributed by atoms with Gasteiger partial charge in [0.05, 0.1) is 5.69 Å². The topological polar surface area (TPSA) is 100 Å². The first-order chi connectivity index (χ1) is 14.0. The number of rotatable bonds is 4. The highest BCUT2D eigenvalue weighted by Crippen LogP contribution is 2.31. The van der Waals surface area contributed by atoms with Crippen LogP contribution in [0.5, 0.6) is 5.75 Å². The minimum atomic E-state index is -0.959. The molecule has 1 aliphatic rings. The van der Waals surface area contributed by atoms with Gasteiger partial charge in [-0.05, 0) is 17.7 Å². The molecule has 0 spiro atoms. The number of carbonyl (C=O) groups excluding carboxylic acids is 2. The summed E-state index contributed by atoms with van der Waals surface area (Å²) in [5.74, 6) is -0.692. The van der Waals surface area contributed by atoms with Crippen LogP contribution in [0, 0.1) is 5.82 Å². The quantitative estimate of drug-likeness (QED) is 0.700. The van der Waals surface area contributed by atoms with Gasteiger partial charge in [0.2, 0.25) is 5.82 Å². The molecule has 2 aromatic carbocycles. The number of benzene rings is 2. The molecule has 1 aliphatic heterocycles. The highest BCUT2D eigenvalue weighted by molar-refractivity contribution is 6.02. The van der Waals surface area contributed by atoms with Gasteiger partial charge >= 0.3 is 0 Å². The zero-order valence-electron chi connectivity index (χ0n) is 15.6. The monoisotopic (exact) mass is 395 g/mol. The van der Waals surface area contributed by atoms with Gasteiger partial charge in [-0.2, -0.15) is 0 Å². The Morgan fingerprint density at radius 1 is 1.31 bits per heavy atom. The summed E-state index contributed by atoms with van der Waals surface area (Å²) in [6.07, 6.45) is 0.496. The van der Waals surface area contributed by atoms with Gasteiger partial charge in [0.25, 0.3) is 11.8 Å². The number of aromatic nitrogens is 3. The van der Waals surface area contributed by atoms with Crippen molar-refractivity contribution < 1.29 is 18.7 Å². The van der Waals surface area contributed by atoms with E-state index in [1.807, 2.05) is 30.3 Å². The van der Waals surface area contributed by atoms with Gasteiger partial charge in [-0.25, -0.2) is 9.37 Å². The van der Waals surface area contributed by atoms with E-state index in [9.17, 15) is 14.0 Å². The molecule has 0 saturated carbocycles. The fourth-order valence-electron chi connectivity index (χ4n) is 3.06. The van der Waals surface area contributed by atoms with Crippen LogP contribution in [0.3, 0.4) is 0 Å². The largest absolute Gasteiger partial charge is 0.489 e. The number of nitrogens with zero attached hydrogens (tertiary/aromatic N) is 3. The Bertz CT molecular complexity index is 1050. The molecule has 1 aromatic heterocycles. The van der Waals surface area contributed by atoms with Crippen molar-refractivity contribution in [1.82, 2.24) is 20.5 Å². The van der Waals surface area contributed by atoms with Crippen LogP contribution in [0.1, 0.15) is 22.0 Å². The molecule has 0 bridgehead atoms. The smallest absolute Gasteiger partial charge is 0.291 e. The van der Waals surface area contributed by atoms with E-state index in [2.05, 4.69) is 20.5 Å². The number of likely N-dealkylation sites (N-methyl/N-ethyl adjacent to an activating group) is 1. The second kappa shape index (κ2) is 7.70. The van der Waals surface area contributed by atoms with Crippen LogP contribution in [0.25, 0.3) is 0 Å². The molecule has 2 N–H and O–H groups in total. The summed E-state index contributed by atoms with van der Waals surface area (Å²) in [5, 5.41) is 9.26. The summed E-state index contributed by atoms with van der Waals surface area (Å²) in [6.45, 7) is -0.0885. The summed E-state index contributed by atoms with van der Waals surface area (Å²) >= 11 is 0. The number of ether oxygens (including phenoxy) is 1. The summed E-state index contributed by atoms with van der Waals surface area (Å²) in [5.41, 5.74) is 1.32. The lowest BCUT2D eigenvalue weighted by Gasteiger charge is -2.19. The number of H-pyrrole nitrogens is 1. The predicted molar refractivity (Wildman–Crippen MR) is 102 cm³/mol. The van der Waals surface area contributed by atoms with Crippen molar-refractivity contribution in [2.24, 2.45) is 0 Å². The molecule has 9 heteroatoms. The molecule has 0 radical (unpaired) electrons. The molecule has 1 atom stereocenters. The van der Waals surface area contributed by atoms with Gasteiger partial charge in [-0.3, -0.25) is 14.7 Å². The zero-order chi connectivity index (χ0) is 20.4. The minimum Gasteiger partial charge on any atom is -0.489 e. The number of halogens is 1. The van der Waals surface area contributed by atoms with Crippen molar-refractivity contribution >= 4 is 17.5 Å². The van der Waals surface area contributed by atoms with Gasteiger partial charge in [0.1, 0.15) is 30.0 Å². The molecular formula is C20H18FN5O3. The van der Waals surface area contributed by atoms with E-state index in [-0.39, 0.29) is 12.4 Å². The summed E-state index contributed by atoms with van der Waals surface area (Å²) in [7, 11) is 1.50. The van der Waals surface area contributed by atoms with E-state index < -0.39 is 23.7 Å². The van der Waals surface area contributed by atoms with E-state index >= 15 is 0 Å². The number of aromatic amines is 1. The molecule has 0 fully saturated rings. The molecule has 0 aliphatic carbocycles. The van der Waals surface area contributed by atoms with Gasteiger partial charge < -0.3 is 15.0 Å².